The van der Waals surface area contributed by atoms with Crippen molar-refractivity contribution in [1.29, 1.82) is 0 Å². The molecule has 0 aliphatic heterocycles. The predicted molar refractivity (Wildman–Crippen MR) is 83.2 cm³/mol. The van der Waals surface area contributed by atoms with Gasteiger partial charge in [0.05, 0.1) is 0 Å². The molecule has 106 valence electrons. The van der Waals surface area contributed by atoms with E-state index >= 15 is 0 Å². The molecule has 0 bridgehead atoms. The van der Waals surface area contributed by atoms with Crippen LogP contribution in [-0.2, 0) is 6.42 Å². The second-order valence-electron chi connectivity index (χ2n) is 4.78. The fourth-order valence-corrected chi connectivity index (χ4v) is 2.83. The van der Waals surface area contributed by atoms with Gasteiger partial charge in [-0.25, -0.2) is 4.39 Å². The maximum absolute atomic E-state index is 13.2. The molecule has 20 heavy (non-hydrogen) atoms. The van der Waals surface area contributed by atoms with Gasteiger partial charge in [0.25, 0.3) is 0 Å². The van der Waals surface area contributed by atoms with Crippen molar-refractivity contribution in [2.75, 3.05) is 6.54 Å². The van der Waals surface area contributed by atoms with Crippen LogP contribution in [0.15, 0.2) is 41.1 Å². The lowest BCUT2D eigenvalue weighted by atomic mass is 9.96. The van der Waals surface area contributed by atoms with E-state index in [1.807, 2.05) is 24.5 Å². The molecule has 1 N–H and O–H groups in total. The third kappa shape index (κ3) is 3.64. The Bertz CT molecular complexity index is 586. The summed E-state index contributed by atoms with van der Waals surface area (Å²) in [7, 11) is 0. The summed E-state index contributed by atoms with van der Waals surface area (Å²) >= 11 is 3.44. The number of benzene rings is 1. The summed E-state index contributed by atoms with van der Waals surface area (Å²) in [5, 5.41) is 3.49. The van der Waals surface area contributed by atoms with E-state index < -0.39 is 0 Å². The summed E-state index contributed by atoms with van der Waals surface area (Å²) in [5.74, 6) is -0.222. The van der Waals surface area contributed by atoms with Crippen LogP contribution in [0.2, 0.25) is 0 Å². The molecular weight excluding hydrogens is 319 g/mol. The first-order chi connectivity index (χ1) is 9.61. The summed E-state index contributed by atoms with van der Waals surface area (Å²) in [6.45, 7) is 5.03. The SMILES string of the molecule is CCNC(Cc1ccc(F)cc1Br)c1ccncc1C. The Balaban J connectivity index is 2.28. The van der Waals surface area contributed by atoms with E-state index in [-0.39, 0.29) is 11.9 Å². The average Bonchev–Trinajstić information content (AvgIpc) is 2.42. The number of nitrogens with zero attached hydrogens (tertiary/aromatic N) is 1. The fraction of sp³-hybridized carbons (Fsp3) is 0.312. The zero-order valence-electron chi connectivity index (χ0n) is 11.7. The maximum atomic E-state index is 13.2. The summed E-state index contributed by atoms with van der Waals surface area (Å²) in [4.78, 5) is 4.14. The quantitative estimate of drug-likeness (QED) is 0.885. The number of aromatic nitrogens is 1. The van der Waals surface area contributed by atoms with Crippen LogP contribution < -0.4 is 5.32 Å². The topological polar surface area (TPSA) is 24.9 Å². The van der Waals surface area contributed by atoms with Crippen LogP contribution in [0.1, 0.15) is 29.7 Å². The van der Waals surface area contributed by atoms with Crippen LogP contribution in [-0.4, -0.2) is 11.5 Å². The first-order valence-corrected chi connectivity index (χ1v) is 7.49. The molecule has 1 heterocycles. The predicted octanol–water partition coefficient (Wildman–Crippen LogP) is 4.18. The molecule has 0 fully saturated rings. The molecule has 0 aliphatic rings. The van der Waals surface area contributed by atoms with Crippen LogP contribution in [0.4, 0.5) is 4.39 Å². The van der Waals surface area contributed by atoms with Crippen LogP contribution in [0.3, 0.4) is 0 Å². The van der Waals surface area contributed by atoms with E-state index in [1.54, 1.807) is 0 Å². The first-order valence-electron chi connectivity index (χ1n) is 6.69. The van der Waals surface area contributed by atoms with E-state index in [0.29, 0.717) is 0 Å². The summed E-state index contributed by atoms with van der Waals surface area (Å²) in [5.41, 5.74) is 3.49. The minimum Gasteiger partial charge on any atom is -0.310 e. The fourth-order valence-electron chi connectivity index (χ4n) is 2.32. The first kappa shape index (κ1) is 15.1. The van der Waals surface area contributed by atoms with E-state index in [0.717, 1.165) is 28.6 Å². The van der Waals surface area contributed by atoms with Gasteiger partial charge >= 0.3 is 0 Å². The van der Waals surface area contributed by atoms with Crippen LogP contribution in [0.25, 0.3) is 0 Å². The van der Waals surface area contributed by atoms with E-state index in [4.69, 9.17) is 0 Å². The number of likely N-dealkylation sites (N-methyl/N-ethyl adjacent to an activating group) is 1. The van der Waals surface area contributed by atoms with Crippen molar-refractivity contribution in [3.05, 3.63) is 63.6 Å². The molecule has 2 rings (SSSR count). The Morgan fingerprint density at radius 3 is 2.80 bits per heavy atom. The zero-order chi connectivity index (χ0) is 14.5. The molecule has 1 aromatic heterocycles. The van der Waals surface area contributed by atoms with Gasteiger partial charge in [0.2, 0.25) is 0 Å². The molecule has 0 saturated heterocycles. The van der Waals surface area contributed by atoms with Gasteiger partial charge in [0.1, 0.15) is 5.82 Å². The standard InChI is InChI=1S/C16H18BrFN2/c1-3-20-16(14-6-7-19-10-11(14)2)8-12-4-5-13(18)9-15(12)17/h4-7,9-10,16,20H,3,8H2,1-2H3. The van der Waals surface area contributed by atoms with Crippen LogP contribution in [0, 0.1) is 12.7 Å². The third-order valence-electron chi connectivity index (χ3n) is 3.33. The smallest absolute Gasteiger partial charge is 0.124 e. The van der Waals surface area contributed by atoms with Gasteiger partial charge in [-0.3, -0.25) is 4.98 Å². The van der Waals surface area contributed by atoms with Gasteiger partial charge in [-0.1, -0.05) is 28.9 Å². The number of pyridine rings is 1. The Hall–Kier alpha value is -1.26. The normalized spacial score (nSPS) is 12.4. The molecule has 0 aliphatic carbocycles. The van der Waals surface area contributed by atoms with E-state index in [1.165, 1.54) is 17.7 Å². The number of hydrogen-bond donors (Lipinski definition) is 1. The van der Waals surface area contributed by atoms with Gasteiger partial charge in [0.15, 0.2) is 0 Å². The van der Waals surface area contributed by atoms with Crippen molar-refractivity contribution in [1.82, 2.24) is 10.3 Å². The molecule has 4 heteroatoms. The van der Waals surface area contributed by atoms with Crippen molar-refractivity contribution in [3.8, 4) is 0 Å². The molecular formula is C16H18BrFN2. The molecule has 0 spiro atoms. The van der Waals surface area contributed by atoms with Gasteiger partial charge in [0, 0.05) is 22.9 Å². The number of halogens is 2. The second kappa shape index (κ2) is 6.95. The summed E-state index contributed by atoms with van der Waals surface area (Å²) in [6.07, 6.45) is 4.49. The minimum absolute atomic E-state index is 0.199. The Morgan fingerprint density at radius 1 is 1.35 bits per heavy atom. The van der Waals surface area contributed by atoms with Gasteiger partial charge in [-0.2, -0.15) is 0 Å². The Morgan fingerprint density at radius 2 is 2.15 bits per heavy atom. The van der Waals surface area contributed by atoms with Gasteiger partial charge < -0.3 is 5.32 Å². The molecule has 2 nitrogen and oxygen atoms in total. The van der Waals surface area contributed by atoms with Crippen LogP contribution in [0.5, 0.6) is 0 Å². The lowest BCUT2D eigenvalue weighted by molar-refractivity contribution is 0.544. The highest BCUT2D eigenvalue weighted by atomic mass is 79.9. The highest BCUT2D eigenvalue weighted by Gasteiger charge is 2.15. The lowest BCUT2D eigenvalue weighted by Crippen LogP contribution is -2.24. The third-order valence-corrected chi connectivity index (χ3v) is 4.07. The minimum atomic E-state index is -0.222. The highest BCUT2D eigenvalue weighted by molar-refractivity contribution is 9.10. The van der Waals surface area contributed by atoms with Gasteiger partial charge in [-0.05, 0) is 54.8 Å². The number of rotatable bonds is 5. The van der Waals surface area contributed by atoms with Crippen LogP contribution >= 0.6 is 15.9 Å². The Labute approximate surface area is 127 Å². The molecule has 1 atom stereocenters. The molecule has 1 unspecified atom stereocenters. The van der Waals surface area contributed by atoms with Crippen molar-refractivity contribution in [3.63, 3.8) is 0 Å². The molecule has 0 saturated carbocycles. The zero-order valence-corrected chi connectivity index (χ0v) is 13.2. The van der Waals surface area contributed by atoms with E-state index in [9.17, 15) is 4.39 Å². The molecule has 0 amide bonds. The molecule has 2 aromatic rings. The van der Waals surface area contributed by atoms with Crippen molar-refractivity contribution >= 4 is 15.9 Å². The van der Waals surface area contributed by atoms with E-state index in [2.05, 4.69) is 40.1 Å². The highest BCUT2D eigenvalue weighted by Crippen LogP contribution is 2.26. The summed E-state index contributed by atoms with van der Waals surface area (Å²) < 4.78 is 14.0. The van der Waals surface area contributed by atoms with Crippen molar-refractivity contribution in [2.24, 2.45) is 0 Å². The van der Waals surface area contributed by atoms with Crippen molar-refractivity contribution in [2.45, 2.75) is 26.3 Å². The lowest BCUT2D eigenvalue weighted by Gasteiger charge is -2.21. The number of nitrogens with one attached hydrogen (secondary N) is 1. The average molecular weight is 337 g/mol. The second-order valence-corrected chi connectivity index (χ2v) is 5.64. The summed E-state index contributed by atoms with van der Waals surface area (Å²) in [6, 6.07) is 7.09. The molecule has 1 aromatic carbocycles. The Kier molecular flexibility index (Phi) is 5.26. The van der Waals surface area contributed by atoms with Gasteiger partial charge in [-0.15, -0.1) is 0 Å². The van der Waals surface area contributed by atoms with Crippen molar-refractivity contribution < 1.29 is 4.39 Å². The largest absolute Gasteiger partial charge is 0.310 e. The number of aryl methyl sites for hydroxylation is 1. The maximum Gasteiger partial charge on any atom is 0.124 e. The molecule has 0 radical (unpaired) electrons. The monoisotopic (exact) mass is 336 g/mol. The number of hydrogen-bond acceptors (Lipinski definition) is 2.